The van der Waals surface area contributed by atoms with E-state index in [1.54, 1.807) is 6.08 Å². The maximum Gasteiger partial charge on any atom is 0.338 e. The molecule has 5 heteroatoms. The van der Waals surface area contributed by atoms with Crippen molar-refractivity contribution in [2.75, 3.05) is 7.11 Å². The lowest BCUT2D eigenvalue weighted by Crippen LogP contribution is -2.27. The minimum absolute atomic E-state index is 0.421. The van der Waals surface area contributed by atoms with Gasteiger partial charge < -0.3 is 4.74 Å². The third kappa shape index (κ3) is 1.83. The van der Waals surface area contributed by atoms with Crippen molar-refractivity contribution in [3.05, 3.63) is 10.4 Å². The van der Waals surface area contributed by atoms with Gasteiger partial charge in [-0.05, 0) is 0 Å². The lowest BCUT2D eigenvalue weighted by molar-refractivity contribution is -0.141. The predicted octanol–water partition coefficient (Wildman–Crippen LogP) is 2.31. The molecule has 0 aromatic rings. The zero-order chi connectivity index (χ0) is 8.48. The third-order valence-corrected chi connectivity index (χ3v) is 3.22. The smallest absolute Gasteiger partial charge is 0.338 e. The summed E-state index contributed by atoms with van der Waals surface area (Å²) in [5, 5.41) is 0. The molecule has 1 atom stereocenters. The Morgan fingerprint density at radius 2 is 2.55 bits per heavy atom. The molecule has 0 saturated heterocycles. The highest BCUT2D eigenvalue weighted by Crippen LogP contribution is 2.47. The number of thioether (sulfide) groups is 1. The summed E-state index contributed by atoms with van der Waals surface area (Å²) in [5.41, 5.74) is 0. The van der Waals surface area contributed by atoms with Crippen LogP contribution in [0.25, 0.3) is 0 Å². The fourth-order valence-electron chi connectivity index (χ4n) is 0.727. The normalized spacial score (nSPS) is 29.9. The van der Waals surface area contributed by atoms with Gasteiger partial charge in [0.25, 0.3) is 0 Å². The highest BCUT2D eigenvalue weighted by atomic mass is 35.5. The van der Waals surface area contributed by atoms with Crippen molar-refractivity contribution in [2.45, 2.75) is 10.6 Å². The average Bonchev–Trinajstić information content (AvgIpc) is 2.31. The molecule has 0 amide bonds. The first-order valence-corrected chi connectivity index (χ1v) is 4.48. The fourth-order valence-corrected chi connectivity index (χ4v) is 2.53. The van der Waals surface area contributed by atoms with Crippen LogP contribution in [0.3, 0.4) is 0 Å². The van der Waals surface area contributed by atoms with Gasteiger partial charge in [-0.3, -0.25) is 0 Å². The molecule has 1 aliphatic rings. The Kier molecular flexibility index (Phi) is 2.73. The van der Waals surface area contributed by atoms with E-state index in [9.17, 15) is 4.79 Å². The summed E-state index contributed by atoms with van der Waals surface area (Å²) >= 11 is 12.6. The standard InChI is InChI=1S/C6H6Cl2O2S/c1-10-5(9)6(8)3-2-4(7)11-6/h2H,3H2,1H3. The van der Waals surface area contributed by atoms with Crippen LogP contribution in [0.4, 0.5) is 0 Å². The topological polar surface area (TPSA) is 26.3 Å². The third-order valence-electron chi connectivity index (χ3n) is 1.27. The highest BCUT2D eigenvalue weighted by molar-refractivity contribution is 8.08. The summed E-state index contributed by atoms with van der Waals surface area (Å²) in [4.78, 5) is 11.0. The molecule has 11 heavy (non-hydrogen) atoms. The molecule has 0 fully saturated rings. The molecule has 0 N–H and O–H groups in total. The van der Waals surface area contributed by atoms with Crippen LogP contribution in [0, 0.1) is 0 Å². The molecule has 0 aliphatic carbocycles. The van der Waals surface area contributed by atoms with Crippen LogP contribution < -0.4 is 0 Å². The van der Waals surface area contributed by atoms with E-state index in [1.165, 1.54) is 7.11 Å². The first-order chi connectivity index (χ1) is 5.08. The maximum absolute atomic E-state index is 11.0. The van der Waals surface area contributed by atoms with Gasteiger partial charge in [-0.2, -0.15) is 0 Å². The quantitative estimate of drug-likeness (QED) is 0.493. The number of halogens is 2. The summed E-state index contributed by atoms with van der Waals surface area (Å²) in [7, 11) is 1.30. The van der Waals surface area contributed by atoms with E-state index >= 15 is 0 Å². The second-order valence-corrected chi connectivity index (χ2v) is 4.88. The first kappa shape index (κ1) is 9.23. The van der Waals surface area contributed by atoms with Crippen molar-refractivity contribution < 1.29 is 9.53 Å². The number of esters is 1. The van der Waals surface area contributed by atoms with Crippen molar-refractivity contribution in [1.29, 1.82) is 0 Å². The minimum atomic E-state index is -1.02. The summed E-state index contributed by atoms with van der Waals surface area (Å²) < 4.78 is 4.03. The van der Waals surface area contributed by atoms with Crippen LogP contribution in [0.2, 0.25) is 0 Å². The number of hydrogen-bond acceptors (Lipinski definition) is 3. The second-order valence-electron chi connectivity index (χ2n) is 2.03. The predicted molar refractivity (Wildman–Crippen MR) is 46.7 cm³/mol. The van der Waals surface area contributed by atoms with E-state index in [0.29, 0.717) is 10.8 Å². The van der Waals surface area contributed by atoms with E-state index in [1.807, 2.05) is 0 Å². The molecular weight excluding hydrogens is 207 g/mol. The molecule has 1 heterocycles. The molecule has 1 aliphatic heterocycles. The number of rotatable bonds is 1. The van der Waals surface area contributed by atoms with Gasteiger partial charge >= 0.3 is 5.97 Å². The Morgan fingerprint density at radius 1 is 1.91 bits per heavy atom. The van der Waals surface area contributed by atoms with Crippen LogP contribution in [0.15, 0.2) is 10.4 Å². The van der Waals surface area contributed by atoms with Crippen LogP contribution in [0.5, 0.6) is 0 Å². The van der Waals surface area contributed by atoms with Crippen LogP contribution in [0.1, 0.15) is 6.42 Å². The summed E-state index contributed by atoms with van der Waals surface area (Å²) in [6, 6.07) is 0. The fraction of sp³-hybridized carbons (Fsp3) is 0.500. The highest BCUT2D eigenvalue weighted by Gasteiger charge is 2.41. The van der Waals surface area contributed by atoms with Gasteiger partial charge in [0.2, 0.25) is 0 Å². The Labute approximate surface area is 78.9 Å². The maximum atomic E-state index is 11.0. The first-order valence-electron chi connectivity index (χ1n) is 2.90. The van der Waals surface area contributed by atoms with Gasteiger partial charge in [-0.15, -0.1) is 0 Å². The molecule has 1 rings (SSSR count). The number of carbonyl (C=O) groups is 1. The van der Waals surface area contributed by atoms with Crippen molar-refractivity contribution in [1.82, 2.24) is 0 Å². The van der Waals surface area contributed by atoms with E-state index < -0.39 is 10.2 Å². The average molecular weight is 213 g/mol. The molecule has 0 bridgehead atoms. The molecule has 0 radical (unpaired) electrons. The zero-order valence-corrected chi connectivity index (χ0v) is 8.09. The van der Waals surface area contributed by atoms with Gasteiger partial charge in [-0.1, -0.05) is 41.0 Å². The monoisotopic (exact) mass is 212 g/mol. The van der Waals surface area contributed by atoms with Crippen molar-refractivity contribution in [2.24, 2.45) is 0 Å². The second kappa shape index (κ2) is 3.25. The van der Waals surface area contributed by atoms with Crippen LogP contribution in [-0.4, -0.2) is 17.3 Å². The molecule has 62 valence electrons. The van der Waals surface area contributed by atoms with Gasteiger partial charge in [0.05, 0.1) is 11.5 Å². The number of ether oxygens (including phenoxy) is 1. The van der Waals surface area contributed by atoms with Gasteiger partial charge in [-0.25, -0.2) is 4.79 Å². The number of carbonyl (C=O) groups excluding carboxylic acids is 1. The number of alkyl halides is 1. The summed E-state index contributed by atoms with van der Waals surface area (Å²) in [6.45, 7) is 0. The Bertz CT molecular complexity index is 217. The van der Waals surface area contributed by atoms with E-state index in [4.69, 9.17) is 23.2 Å². The van der Waals surface area contributed by atoms with E-state index in [-0.39, 0.29) is 0 Å². The van der Waals surface area contributed by atoms with Gasteiger partial charge in [0, 0.05) is 6.42 Å². The Hall–Kier alpha value is 0.140. The summed E-state index contributed by atoms with van der Waals surface area (Å²) in [5.74, 6) is -0.448. The number of methoxy groups -OCH3 is 1. The van der Waals surface area contributed by atoms with Crippen LogP contribution in [-0.2, 0) is 9.53 Å². The lowest BCUT2D eigenvalue weighted by atomic mass is 10.3. The van der Waals surface area contributed by atoms with Crippen molar-refractivity contribution in [3.8, 4) is 0 Å². The minimum Gasteiger partial charge on any atom is -0.467 e. The molecule has 0 spiro atoms. The number of allylic oxidation sites excluding steroid dienone is 1. The molecular formula is C6H6Cl2O2S. The lowest BCUT2D eigenvalue weighted by Gasteiger charge is -2.15. The summed E-state index contributed by atoms with van der Waals surface area (Å²) in [6.07, 6.45) is 2.13. The SMILES string of the molecule is COC(=O)C1(Cl)CC=C(Cl)S1. The molecule has 0 aromatic heterocycles. The molecule has 2 nitrogen and oxygen atoms in total. The van der Waals surface area contributed by atoms with Crippen molar-refractivity contribution >= 4 is 40.9 Å². The molecule has 0 saturated carbocycles. The Balaban J connectivity index is 2.66. The zero-order valence-electron chi connectivity index (χ0n) is 5.77. The van der Waals surface area contributed by atoms with Gasteiger partial charge in [0.15, 0.2) is 4.21 Å². The van der Waals surface area contributed by atoms with E-state index in [0.717, 1.165) is 11.8 Å². The van der Waals surface area contributed by atoms with E-state index in [2.05, 4.69) is 4.74 Å². The van der Waals surface area contributed by atoms with Crippen LogP contribution >= 0.6 is 35.0 Å². The molecule has 1 unspecified atom stereocenters. The molecule has 0 aromatic carbocycles. The Morgan fingerprint density at radius 3 is 2.91 bits per heavy atom. The largest absolute Gasteiger partial charge is 0.467 e. The van der Waals surface area contributed by atoms with Crippen molar-refractivity contribution in [3.63, 3.8) is 0 Å². The number of hydrogen-bond donors (Lipinski definition) is 0. The van der Waals surface area contributed by atoms with Gasteiger partial charge in [0.1, 0.15) is 0 Å².